The zero-order valence-electron chi connectivity index (χ0n) is 10.4. The minimum atomic E-state index is -0.420. The Morgan fingerprint density at radius 3 is 2.84 bits per heavy atom. The maximum Gasteiger partial charge on any atom is 0.272 e. The molecule has 0 saturated heterocycles. The molecule has 7 nitrogen and oxygen atoms in total. The minimum Gasteiger partial charge on any atom is -0.486 e. The first kappa shape index (κ1) is 13.2. The van der Waals surface area contributed by atoms with Gasteiger partial charge in [-0.15, -0.1) is 0 Å². The number of nitrogens with zero attached hydrogens (tertiary/aromatic N) is 3. The number of nitro groups is 1. The second-order valence-corrected chi connectivity index (χ2v) is 4.38. The van der Waals surface area contributed by atoms with Crippen LogP contribution in [0.25, 0.3) is 0 Å². The number of rotatable bonds is 4. The standard InChI is InChI=1S/C11H12N4O3S/c1-7-5-8(3-4-9(7)15(16)17)18-6-10-12-13-11(19)14(10)2/h3-5H,6H2,1-2H3,(H,13,19). The number of benzene rings is 1. The molecule has 1 aromatic heterocycles. The van der Waals surface area contributed by atoms with Gasteiger partial charge in [0.1, 0.15) is 12.4 Å². The molecule has 0 unspecified atom stereocenters. The summed E-state index contributed by atoms with van der Waals surface area (Å²) < 4.78 is 7.74. The van der Waals surface area contributed by atoms with Crippen LogP contribution in [-0.4, -0.2) is 19.7 Å². The van der Waals surface area contributed by atoms with E-state index in [2.05, 4.69) is 10.2 Å². The molecule has 0 aliphatic rings. The molecular formula is C11H12N4O3S. The van der Waals surface area contributed by atoms with Gasteiger partial charge in [-0.25, -0.2) is 0 Å². The molecular weight excluding hydrogens is 268 g/mol. The van der Waals surface area contributed by atoms with Crippen molar-refractivity contribution in [2.75, 3.05) is 0 Å². The molecule has 100 valence electrons. The lowest BCUT2D eigenvalue weighted by Gasteiger charge is -2.06. The summed E-state index contributed by atoms with van der Waals surface area (Å²) in [6.07, 6.45) is 0. The molecule has 0 fully saturated rings. The molecule has 0 atom stereocenters. The third-order valence-electron chi connectivity index (χ3n) is 2.71. The lowest BCUT2D eigenvalue weighted by atomic mass is 10.2. The van der Waals surface area contributed by atoms with Gasteiger partial charge in [0.2, 0.25) is 0 Å². The van der Waals surface area contributed by atoms with Crippen LogP contribution in [0.3, 0.4) is 0 Å². The minimum absolute atomic E-state index is 0.0746. The maximum atomic E-state index is 10.7. The van der Waals surface area contributed by atoms with Gasteiger partial charge in [-0.2, -0.15) is 5.10 Å². The Morgan fingerprint density at radius 2 is 2.32 bits per heavy atom. The SMILES string of the molecule is Cc1cc(OCc2n[nH]c(=S)n2C)ccc1[N+](=O)[O-]. The van der Waals surface area contributed by atoms with Gasteiger partial charge in [0.25, 0.3) is 5.69 Å². The highest BCUT2D eigenvalue weighted by Crippen LogP contribution is 2.23. The molecule has 0 bridgehead atoms. The van der Waals surface area contributed by atoms with E-state index in [1.807, 2.05) is 0 Å². The normalized spacial score (nSPS) is 10.4. The van der Waals surface area contributed by atoms with Crippen LogP contribution in [0.15, 0.2) is 18.2 Å². The van der Waals surface area contributed by atoms with Crippen LogP contribution >= 0.6 is 12.2 Å². The number of ether oxygens (including phenoxy) is 1. The molecule has 0 aliphatic heterocycles. The molecule has 1 aromatic carbocycles. The molecule has 0 radical (unpaired) electrons. The fourth-order valence-corrected chi connectivity index (χ4v) is 1.73. The van der Waals surface area contributed by atoms with Crippen molar-refractivity contribution in [3.05, 3.63) is 44.5 Å². The Bertz CT molecular complexity index is 677. The molecule has 8 heteroatoms. The highest BCUT2D eigenvalue weighted by Gasteiger charge is 2.11. The maximum absolute atomic E-state index is 10.7. The second kappa shape index (κ2) is 5.19. The summed E-state index contributed by atoms with van der Waals surface area (Å²) in [6, 6.07) is 4.61. The first-order chi connectivity index (χ1) is 8.99. The Kier molecular flexibility index (Phi) is 3.61. The fourth-order valence-electron chi connectivity index (χ4n) is 1.58. The third kappa shape index (κ3) is 2.79. The number of aromatic nitrogens is 3. The topological polar surface area (TPSA) is 86.0 Å². The number of nitrogens with one attached hydrogen (secondary N) is 1. The summed E-state index contributed by atoms with van der Waals surface area (Å²) in [5.74, 6) is 1.21. The second-order valence-electron chi connectivity index (χ2n) is 4.00. The van der Waals surface area contributed by atoms with E-state index in [9.17, 15) is 10.1 Å². The third-order valence-corrected chi connectivity index (χ3v) is 3.07. The van der Waals surface area contributed by atoms with Gasteiger partial charge in [-0.3, -0.25) is 15.2 Å². The lowest BCUT2D eigenvalue weighted by Crippen LogP contribution is -2.04. The van der Waals surface area contributed by atoms with Crippen LogP contribution in [-0.2, 0) is 13.7 Å². The number of aryl methyl sites for hydroxylation is 1. The van der Waals surface area contributed by atoms with Crippen LogP contribution in [0.5, 0.6) is 5.75 Å². The Balaban J connectivity index is 2.12. The van der Waals surface area contributed by atoms with Gasteiger partial charge in [-0.1, -0.05) is 0 Å². The van der Waals surface area contributed by atoms with Crippen molar-refractivity contribution in [1.82, 2.24) is 14.8 Å². The van der Waals surface area contributed by atoms with E-state index in [0.29, 0.717) is 21.9 Å². The Morgan fingerprint density at radius 1 is 1.58 bits per heavy atom. The van der Waals surface area contributed by atoms with E-state index in [1.54, 1.807) is 30.7 Å². The van der Waals surface area contributed by atoms with Crippen molar-refractivity contribution in [3.8, 4) is 5.75 Å². The summed E-state index contributed by atoms with van der Waals surface area (Å²) >= 11 is 4.99. The molecule has 0 aliphatic carbocycles. The average Bonchev–Trinajstić information content (AvgIpc) is 2.67. The van der Waals surface area contributed by atoms with E-state index in [0.717, 1.165) is 0 Å². The number of hydrogen-bond donors (Lipinski definition) is 1. The molecule has 2 rings (SSSR count). The van der Waals surface area contributed by atoms with Crippen LogP contribution < -0.4 is 4.74 Å². The Labute approximate surface area is 114 Å². The first-order valence-electron chi connectivity index (χ1n) is 5.47. The van der Waals surface area contributed by atoms with Gasteiger partial charge in [0.15, 0.2) is 10.6 Å². The van der Waals surface area contributed by atoms with E-state index in [4.69, 9.17) is 17.0 Å². The van der Waals surface area contributed by atoms with Gasteiger partial charge in [0, 0.05) is 18.7 Å². The molecule has 19 heavy (non-hydrogen) atoms. The molecule has 1 N–H and O–H groups in total. The summed E-state index contributed by atoms with van der Waals surface area (Å²) in [6.45, 7) is 1.90. The number of hydrogen-bond acceptors (Lipinski definition) is 5. The lowest BCUT2D eigenvalue weighted by molar-refractivity contribution is -0.385. The van der Waals surface area contributed by atoms with Crippen LogP contribution in [0.4, 0.5) is 5.69 Å². The summed E-state index contributed by atoms with van der Waals surface area (Å²) in [5.41, 5.74) is 0.628. The number of aromatic amines is 1. The predicted molar refractivity (Wildman–Crippen MR) is 70.6 cm³/mol. The van der Waals surface area contributed by atoms with Crippen LogP contribution in [0.2, 0.25) is 0 Å². The first-order valence-corrected chi connectivity index (χ1v) is 5.88. The number of H-pyrrole nitrogens is 1. The monoisotopic (exact) mass is 280 g/mol. The van der Waals surface area contributed by atoms with Crippen molar-refractivity contribution in [3.63, 3.8) is 0 Å². The zero-order chi connectivity index (χ0) is 14.0. The summed E-state index contributed by atoms with van der Waals surface area (Å²) in [4.78, 5) is 10.3. The molecule has 0 amide bonds. The predicted octanol–water partition coefficient (Wildman–Crippen LogP) is 2.27. The molecule has 0 saturated carbocycles. The van der Waals surface area contributed by atoms with Crippen molar-refractivity contribution >= 4 is 17.9 Å². The summed E-state index contributed by atoms with van der Waals surface area (Å²) in [5, 5.41) is 17.4. The van der Waals surface area contributed by atoms with E-state index in [-0.39, 0.29) is 12.3 Å². The van der Waals surface area contributed by atoms with Crippen molar-refractivity contribution < 1.29 is 9.66 Å². The van der Waals surface area contributed by atoms with Gasteiger partial charge < -0.3 is 9.30 Å². The molecule has 1 heterocycles. The van der Waals surface area contributed by atoms with E-state index >= 15 is 0 Å². The quantitative estimate of drug-likeness (QED) is 0.527. The van der Waals surface area contributed by atoms with Crippen molar-refractivity contribution in [1.29, 1.82) is 0 Å². The van der Waals surface area contributed by atoms with Crippen LogP contribution in [0.1, 0.15) is 11.4 Å². The largest absolute Gasteiger partial charge is 0.486 e. The van der Waals surface area contributed by atoms with Crippen molar-refractivity contribution in [2.45, 2.75) is 13.5 Å². The molecule has 2 aromatic rings. The fraction of sp³-hybridized carbons (Fsp3) is 0.273. The van der Waals surface area contributed by atoms with Crippen molar-refractivity contribution in [2.24, 2.45) is 7.05 Å². The van der Waals surface area contributed by atoms with Gasteiger partial charge in [0.05, 0.1) is 4.92 Å². The molecule has 0 spiro atoms. The van der Waals surface area contributed by atoms with E-state index < -0.39 is 4.92 Å². The van der Waals surface area contributed by atoms with Gasteiger partial charge in [-0.05, 0) is 31.3 Å². The van der Waals surface area contributed by atoms with Gasteiger partial charge >= 0.3 is 0 Å². The highest BCUT2D eigenvalue weighted by atomic mass is 32.1. The Hall–Kier alpha value is -2.22. The summed E-state index contributed by atoms with van der Waals surface area (Å²) in [7, 11) is 1.78. The van der Waals surface area contributed by atoms with Crippen LogP contribution in [0, 0.1) is 21.8 Å². The number of nitro benzene ring substituents is 1. The van der Waals surface area contributed by atoms with E-state index in [1.165, 1.54) is 6.07 Å². The highest BCUT2D eigenvalue weighted by molar-refractivity contribution is 7.71. The zero-order valence-corrected chi connectivity index (χ0v) is 11.2. The average molecular weight is 280 g/mol. The smallest absolute Gasteiger partial charge is 0.272 e.